The summed E-state index contributed by atoms with van der Waals surface area (Å²) in [6, 6.07) is 5.39. The molecule has 0 saturated heterocycles. The van der Waals surface area contributed by atoms with E-state index in [0.717, 1.165) is 3.57 Å². The second kappa shape index (κ2) is 6.20. The first-order valence-electron chi connectivity index (χ1n) is 5.28. The van der Waals surface area contributed by atoms with Gasteiger partial charge in [-0.05, 0) is 47.7 Å². The van der Waals surface area contributed by atoms with Crippen LogP contribution >= 0.6 is 22.6 Å². The summed E-state index contributed by atoms with van der Waals surface area (Å²) in [4.78, 5) is 13.8. The summed E-state index contributed by atoms with van der Waals surface area (Å²) in [6.07, 6.45) is 0. The third-order valence-corrected chi connectivity index (χ3v) is 3.18. The molecule has 94 valence electrons. The molecule has 5 heteroatoms. The molecule has 0 saturated carbocycles. The Morgan fingerprint density at radius 3 is 2.71 bits per heavy atom. The Kier molecular flexibility index (Phi) is 5.20. The second-order valence-electron chi connectivity index (χ2n) is 3.99. The average Bonchev–Trinajstić information content (AvgIpc) is 2.26. The molecule has 1 rings (SSSR count). The number of nitrogens with two attached hydrogens (primary N) is 1. The molecule has 1 aromatic carbocycles. The minimum atomic E-state index is -0.0419. The molecule has 0 aliphatic heterocycles. The highest BCUT2D eigenvalue weighted by Crippen LogP contribution is 2.16. The number of amides is 1. The van der Waals surface area contributed by atoms with Crippen LogP contribution in [0.25, 0.3) is 0 Å². The molecule has 0 fully saturated rings. The molecule has 17 heavy (non-hydrogen) atoms. The summed E-state index contributed by atoms with van der Waals surface area (Å²) in [5, 5.41) is 0. The quantitative estimate of drug-likeness (QED) is 0.669. The number of nitrogens with zero attached hydrogens (tertiary/aromatic N) is 1. The van der Waals surface area contributed by atoms with Crippen LogP contribution in [0.1, 0.15) is 17.3 Å². The van der Waals surface area contributed by atoms with E-state index in [-0.39, 0.29) is 11.9 Å². The van der Waals surface area contributed by atoms with Crippen LogP contribution in [-0.2, 0) is 4.74 Å². The van der Waals surface area contributed by atoms with Crippen molar-refractivity contribution in [3.8, 4) is 0 Å². The molecular weight excluding hydrogens is 331 g/mol. The predicted molar refractivity (Wildman–Crippen MR) is 77.0 cm³/mol. The highest BCUT2D eigenvalue weighted by atomic mass is 127. The Morgan fingerprint density at radius 1 is 1.53 bits per heavy atom. The van der Waals surface area contributed by atoms with Crippen molar-refractivity contribution in [2.75, 3.05) is 26.5 Å². The molecule has 0 aliphatic carbocycles. The summed E-state index contributed by atoms with van der Waals surface area (Å²) < 4.78 is 6.00. The Hall–Kier alpha value is -0.820. The van der Waals surface area contributed by atoms with E-state index in [1.54, 1.807) is 25.1 Å². The monoisotopic (exact) mass is 348 g/mol. The van der Waals surface area contributed by atoms with E-state index in [1.165, 1.54) is 0 Å². The number of carbonyl (C=O) groups excluding carboxylic acids is 1. The normalized spacial score (nSPS) is 12.2. The van der Waals surface area contributed by atoms with Crippen molar-refractivity contribution in [3.63, 3.8) is 0 Å². The van der Waals surface area contributed by atoms with Crippen LogP contribution in [0.15, 0.2) is 18.2 Å². The van der Waals surface area contributed by atoms with Gasteiger partial charge in [0.2, 0.25) is 0 Å². The minimum absolute atomic E-state index is 0.0339. The number of rotatable bonds is 4. The van der Waals surface area contributed by atoms with Gasteiger partial charge < -0.3 is 15.4 Å². The van der Waals surface area contributed by atoms with Gasteiger partial charge in [-0.25, -0.2) is 0 Å². The first kappa shape index (κ1) is 14.2. The number of carbonyl (C=O) groups is 1. The minimum Gasteiger partial charge on any atom is -0.399 e. The lowest BCUT2D eigenvalue weighted by Crippen LogP contribution is -2.37. The fraction of sp³-hybridized carbons (Fsp3) is 0.417. The zero-order valence-corrected chi connectivity index (χ0v) is 12.4. The number of hydrogen-bond donors (Lipinski definition) is 1. The molecule has 0 radical (unpaired) electrons. The molecule has 1 atom stereocenters. The van der Waals surface area contributed by atoms with Crippen molar-refractivity contribution in [1.82, 2.24) is 4.90 Å². The van der Waals surface area contributed by atoms with Crippen LogP contribution in [0.5, 0.6) is 0 Å². The summed E-state index contributed by atoms with van der Waals surface area (Å²) >= 11 is 2.15. The van der Waals surface area contributed by atoms with Crippen molar-refractivity contribution < 1.29 is 9.53 Å². The van der Waals surface area contributed by atoms with Crippen LogP contribution in [0.2, 0.25) is 0 Å². The van der Waals surface area contributed by atoms with Crippen LogP contribution in [-0.4, -0.2) is 37.6 Å². The van der Waals surface area contributed by atoms with Gasteiger partial charge in [0.05, 0.1) is 12.6 Å². The van der Waals surface area contributed by atoms with E-state index in [2.05, 4.69) is 22.6 Å². The van der Waals surface area contributed by atoms with Gasteiger partial charge in [0.1, 0.15) is 0 Å². The van der Waals surface area contributed by atoms with E-state index < -0.39 is 0 Å². The van der Waals surface area contributed by atoms with Crippen molar-refractivity contribution >= 4 is 34.2 Å². The fourth-order valence-electron chi connectivity index (χ4n) is 1.49. The van der Waals surface area contributed by atoms with Gasteiger partial charge >= 0.3 is 0 Å². The van der Waals surface area contributed by atoms with Gasteiger partial charge in [-0.1, -0.05) is 0 Å². The van der Waals surface area contributed by atoms with E-state index >= 15 is 0 Å². The first-order valence-corrected chi connectivity index (χ1v) is 6.35. The van der Waals surface area contributed by atoms with Crippen LogP contribution in [0, 0.1) is 3.57 Å². The van der Waals surface area contributed by atoms with E-state index in [1.807, 2.05) is 19.1 Å². The highest BCUT2D eigenvalue weighted by molar-refractivity contribution is 14.1. The Bertz CT molecular complexity index is 389. The zero-order chi connectivity index (χ0) is 13.0. The summed E-state index contributed by atoms with van der Waals surface area (Å²) in [6.45, 7) is 2.46. The van der Waals surface area contributed by atoms with Gasteiger partial charge in [-0.3, -0.25) is 4.79 Å². The highest BCUT2D eigenvalue weighted by Gasteiger charge is 2.17. The van der Waals surface area contributed by atoms with Crippen molar-refractivity contribution in [2.45, 2.75) is 13.0 Å². The standard InChI is InChI=1S/C12H17IN2O2/c1-8(7-17-3)15(2)12(16)9-4-10(13)6-11(14)5-9/h4-6,8H,7,14H2,1-3H3. The largest absolute Gasteiger partial charge is 0.399 e. The number of likely N-dealkylation sites (N-methyl/N-ethyl adjacent to an activating group) is 1. The lowest BCUT2D eigenvalue weighted by molar-refractivity contribution is 0.0633. The average molecular weight is 348 g/mol. The molecule has 1 aromatic rings. The van der Waals surface area contributed by atoms with E-state index in [9.17, 15) is 4.79 Å². The van der Waals surface area contributed by atoms with E-state index in [4.69, 9.17) is 10.5 Å². The van der Waals surface area contributed by atoms with Crippen LogP contribution < -0.4 is 5.73 Å². The van der Waals surface area contributed by atoms with Gasteiger partial charge in [0.25, 0.3) is 5.91 Å². The van der Waals surface area contributed by atoms with Crippen molar-refractivity contribution in [2.24, 2.45) is 0 Å². The third kappa shape index (κ3) is 3.85. The molecule has 0 aliphatic rings. The number of hydrogen-bond acceptors (Lipinski definition) is 3. The molecule has 4 nitrogen and oxygen atoms in total. The number of anilines is 1. The maximum absolute atomic E-state index is 12.2. The lowest BCUT2D eigenvalue weighted by atomic mass is 10.1. The summed E-state index contributed by atoms with van der Waals surface area (Å²) in [5.74, 6) is -0.0419. The fourth-order valence-corrected chi connectivity index (χ4v) is 2.19. The predicted octanol–water partition coefficient (Wildman–Crippen LogP) is 1.98. The molecule has 2 N–H and O–H groups in total. The molecule has 0 spiro atoms. The molecule has 1 amide bonds. The molecular formula is C12H17IN2O2. The summed E-state index contributed by atoms with van der Waals surface area (Å²) in [5.41, 5.74) is 6.95. The van der Waals surface area contributed by atoms with E-state index in [0.29, 0.717) is 17.9 Å². The number of halogens is 1. The van der Waals surface area contributed by atoms with Gasteiger partial charge in [0, 0.05) is 29.0 Å². The first-order chi connectivity index (χ1) is 7.95. The molecule has 0 heterocycles. The maximum Gasteiger partial charge on any atom is 0.254 e. The Labute approximate surface area is 115 Å². The van der Waals surface area contributed by atoms with Crippen molar-refractivity contribution in [3.05, 3.63) is 27.3 Å². The van der Waals surface area contributed by atoms with Gasteiger partial charge in [-0.2, -0.15) is 0 Å². The number of benzene rings is 1. The third-order valence-electron chi connectivity index (χ3n) is 2.56. The van der Waals surface area contributed by atoms with Crippen LogP contribution in [0.4, 0.5) is 5.69 Å². The molecule has 1 unspecified atom stereocenters. The van der Waals surface area contributed by atoms with Gasteiger partial charge in [0.15, 0.2) is 0 Å². The Balaban J connectivity index is 2.88. The number of ether oxygens (including phenoxy) is 1. The molecule has 0 aromatic heterocycles. The van der Waals surface area contributed by atoms with Crippen LogP contribution in [0.3, 0.4) is 0 Å². The zero-order valence-electron chi connectivity index (χ0n) is 10.2. The SMILES string of the molecule is COCC(C)N(C)C(=O)c1cc(N)cc(I)c1. The number of nitrogen functional groups attached to an aromatic ring is 1. The van der Waals surface area contributed by atoms with Crippen molar-refractivity contribution in [1.29, 1.82) is 0 Å². The second-order valence-corrected chi connectivity index (χ2v) is 5.24. The Morgan fingerprint density at radius 2 is 2.18 bits per heavy atom. The maximum atomic E-state index is 12.2. The topological polar surface area (TPSA) is 55.6 Å². The summed E-state index contributed by atoms with van der Waals surface area (Å²) in [7, 11) is 3.39. The lowest BCUT2D eigenvalue weighted by Gasteiger charge is -2.24. The molecule has 0 bridgehead atoms. The number of methoxy groups -OCH3 is 1. The smallest absolute Gasteiger partial charge is 0.254 e. The van der Waals surface area contributed by atoms with Gasteiger partial charge in [-0.15, -0.1) is 0 Å².